The number of para-hydroxylation sites is 1. The molecule has 2 N–H and O–H groups in total. The van der Waals surface area contributed by atoms with Crippen molar-refractivity contribution < 1.29 is 14.3 Å². The van der Waals surface area contributed by atoms with E-state index < -0.39 is 0 Å². The molecule has 0 amide bonds. The van der Waals surface area contributed by atoms with E-state index in [1.165, 1.54) is 12.8 Å². The van der Waals surface area contributed by atoms with E-state index in [0.717, 1.165) is 30.6 Å². The number of benzene rings is 1. The summed E-state index contributed by atoms with van der Waals surface area (Å²) >= 11 is 0. The molecule has 0 aliphatic heterocycles. The van der Waals surface area contributed by atoms with E-state index >= 15 is 0 Å². The summed E-state index contributed by atoms with van der Waals surface area (Å²) in [6.07, 6.45) is 5.69. The van der Waals surface area contributed by atoms with Crippen molar-refractivity contribution in [2.45, 2.75) is 51.2 Å². The normalized spacial score (nSPS) is 14.5. The molecule has 0 spiro atoms. The molecule has 1 saturated carbocycles. The number of esters is 1. The van der Waals surface area contributed by atoms with E-state index in [-0.39, 0.29) is 36.0 Å². The van der Waals surface area contributed by atoms with Crippen LogP contribution in [0.1, 0.15) is 44.1 Å². The van der Waals surface area contributed by atoms with Crippen LogP contribution in [-0.2, 0) is 16.1 Å². The van der Waals surface area contributed by atoms with E-state index in [0.29, 0.717) is 25.5 Å². The molecular formula is C19H30IN3O3. The molecule has 0 heterocycles. The number of nitrogens with one attached hydrogen (secondary N) is 2. The maximum absolute atomic E-state index is 11.8. The Hall–Kier alpha value is -1.51. The fraction of sp³-hybridized carbons (Fsp3) is 0.579. The predicted molar refractivity (Wildman–Crippen MR) is 114 cm³/mol. The van der Waals surface area contributed by atoms with Gasteiger partial charge in [-0.3, -0.25) is 9.79 Å². The topological polar surface area (TPSA) is 72.0 Å². The third-order valence-corrected chi connectivity index (χ3v) is 4.31. The van der Waals surface area contributed by atoms with Gasteiger partial charge in [-0.2, -0.15) is 0 Å². The van der Waals surface area contributed by atoms with Gasteiger partial charge in [-0.15, -0.1) is 24.0 Å². The first-order valence-corrected chi connectivity index (χ1v) is 8.99. The molecule has 1 aromatic rings. The van der Waals surface area contributed by atoms with Crippen molar-refractivity contribution in [1.82, 2.24) is 10.6 Å². The number of carbonyl (C=O) groups excluding carboxylic acids is 1. The van der Waals surface area contributed by atoms with Crippen LogP contribution in [0, 0.1) is 0 Å². The van der Waals surface area contributed by atoms with Gasteiger partial charge in [0.2, 0.25) is 0 Å². The van der Waals surface area contributed by atoms with Gasteiger partial charge >= 0.3 is 5.97 Å². The molecule has 1 aromatic carbocycles. The quantitative estimate of drug-likeness (QED) is 0.199. The summed E-state index contributed by atoms with van der Waals surface area (Å²) in [5, 5.41) is 6.47. The number of halogens is 1. The smallest absolute Gasteiger partial charge is 0.306 e. The number of methoxy groups -OCH3 is 1. The molecule has 146 valence electrons. The lowest BCUT2D eigenvalue weighted by Crippen LogP contribution is -2.37. The first-order valence-electron chi connectivity index (χ1n) is 8.99. The predicted octanol–water partition coefficient (Wildman–Crippen LogP) is 3.24. The molecule has 0 aromatic heterocycles. The number of hydrogen-bond acceptors (Lipinski definition) is 4. The number of guanidine groups is 1. The second kappa shape index (κ2) is 12.8. The molecule has 2 rings (SSSR count). The van der Waals surface area contributed by atoms with Crippen molar-refractivity contribution in [3.05, 3.63) is 29.8 Å². The minimum atomic E-state index is -0.0920. The Labute approximate surface area is 173 Å². The number of aliphatic imine (C=N–C) groups is 1. The highest BCUT2D eigenvalue weighted by atomic mass is 127. The van der Waals surface area contributed by atoms with Crippen LogP contribution in [0.4, 0.5) is 0 Å². The van der Waals surface area contributed by atoms with Crippen LogP contribution in [0.15, 0.2) is 29.3 Å². The fourth-order valence-electron chi connectivity index (χ4n) is 2.94. The molecule has 0 bridgehead atoms. The first kappa shape index (κ1) is 22.5. The minimum Gasteiger partial charge on any atom is -0.496 e. The minimum absolute atomic E-state index is 0. The van der Waals surface area contributed by atoms with Crippen LogP contribution in [0.25, 0.3) is 0 Å². The van der Waals surface area contributed by atoms with Crippen LogP contribution in [0.3, 0.4) is 0 Å². The van der Waals surface area contributed by atoms with Crippen molar-refractivity contribution >= 4 is 35.9 Å². The average molecular weight is 475 g/mol. The average Bonchev–Trinajstić information content (AvgIpc) is 3.14. The van der Waals surface area contributed by atoms with Gasteiger partial charge in [0.1, 0.15) is 11.9 Å². The summed E-state index contributed by atoms with van der Waals surface area (Å²) in [5.74, 6) is 1.46. The standard InChI is InChI=1S/C19H29N3O3.HI/c1-20-19(22-14-15-8-3-6-11-17(15)24-2)21-13-7-12-18(23)25-16-9-4-5-10-16;/h3,6,8,11,16H,4-5,7,9-10,12-14H2,1-2H3,(H2,20,21,22);1H. The van der Waals surface area contributed by atoms with Crippen molar-refractivity contribution in [1.29, 1.82) is 0 Å². The van der Waals surface area contributed by atoms with Gasteiger partial charge in [-0.1, -0.05) is 18.2 Å². The van der Waals surface area contributed by atoms with E-state index in [9.17, 15) is 4.79 Å². The Balaban J connectivity index is 0.00000338. The van der Waals surface area contributed by atoms with Crippen LogP contribution in [0.2, 0.25) is 0 Å². The van der Waals surface area contributed by atoms with Gasteiger partial charge < -0.3 is 20.1 Å². The van der Waals surface area contributed by atoms with Gasteiger partial charge in [-0.05, 0) is 38.2 Å². The van der Waals surface area contributed by atoms with Gasteiger partial charge in [0.25, 0.3) is 0 Å². The first-order chi connectivity index (χ1) is 12.2. The second-order valence-corrected chi connectivity index (χ2v) is 6.16. The van der Waals surface area contributed by atoms with Crippen LogP contribution >= 0.6 is 24.0 Å². The Morgan fingerprint density at radius 3 is 2.65 bits per heavy atom. The SMILES string of the molecule is CN=C(NCCCC(=O)OC1CCCC1)NCc1ccccc1OC.I. The Kier molecular flexibility index (Phi) is 11.1. The summed E-state index contributed by atoms with van der Waals surface area (Å²) in [6, 6.07) is 7.87. The summed E-state index contributed by atoms with van der Waals surface area (Å²) in [7, 11) is 3.39. The van der Waals surface area contributed by atoms with Crippen molar-refractivity contribution in [2.75, 3.05) is 20.7 Å². The van der Waals surface area contributed by atoms with Crippen molar-refractivity contribution in [2.24, 2.45) is 4.99 Å². The Morgan fingerprint density at radius 2 is 1.96 bits per heavy atom. The maximum atomic E-state index is 11.8. The van der Waals surface area contributed by atoms with Gasteiger partial charge in [0.05, 0.1) is 7.11 Å². The Morgan fingerprint density at radius 1 is 1.23 bits per heavy atom. The maximum Gasteiger partial charge on any atom is 0.306 e. The van der Waals surface area contributed by atoms with Crippen LogP contribution in [0.5, 0.6) is 5.75 Å². The zero-order chi connectivity index (χ0) is 17.9. The Bertz CT molecular complexity index is 575. The summed E-state index contributed by atoms with van der Waals surface area (Å²) in [4.78, 5) is 16.0. The molecule has 26 heavy (non-hydrogen) atoms. The number of carbonyl (C=O) groups is 1. The molecule has 1 fully saturated rings. The molecule has 7 heteroatoms. The van der Waals surface area contributed by atoms with Crippen LogP contribution < -0.4 is 15.4 Å². The lowest BCUT2D eigenvalue weighted by molar-refractivity contribution is -0.148. The summed E-state index contributed by atoms with van der Waals surface area (Å²) in [6.45, 7) is 1.29. The third-order valence-electron chi connectivity index (χ3n) is 4.31. The van der Waals surface area contributed by atoms with Gasteiger partial charge in [0, 0.05) is 32.1 Å². The number of rotatable bonds is 8. The number of nitrogens with zero attached hydrogens (tertiary/aromatic N) is 1. The molecule has 0 atom stereocenters. The monoisotopic (exact) mass is 475 g/mol. The van der Waals surface area contributed by atoms with Crippen molar-refractivity contribution in [3.8, 4) is 5.75 Å². The van der Waals surface area contributed by atoms with Crippen LogP contribution in [-0.4, -0.2) is 38.7 Å². The molecule has 0 unspecified atom stereocenters. The zero-order valence-electron chi connectivity index (χ0n) is 15.6. The molecular weight excluding hydrogens is 445 g/mol. The highest BCUT2D eigenvalue weighted by molar-refractivity contribution is 14.0. The molecule has 1 aliphatic rings. The van der Waals surface area contributed by atoms with E-state index in [4.69, 9.17) is 9.47 Å². The van der Waals surface area contributed by atoms with Gasteiger partial charge in [0.15, 0.2) is 5.96 Å². The second-order valence-electron chi connectivity index (χ2n) is 6.16. The number of ether oxygens (including phenoxy) is 2. The zero-order valence-corrected chi connectivity index (χ0v) is 18.0. The summed E-state index contributed by atoms with van der Waals surface area (Å²) in [5.41, 5.74) is 1.06. The molecule has 0 saturated heterocycles. The lowest BCUT2D eigenvalue weighted by atomic mass is 10.2. The summed E-state index contributed by atoms with van der Waals surface area (Å²) < 4.78 is 10.8. The largest absolute Gasteiger partial charge is 0.496 e. The van der Waals surface area contributed by atoms with Crippen molar-refractivity contribution in [3.63, 3.8) is 0 Å². The lowest BCUT2D eigenvalue weighted by Gasteiger charge is -2.14. The molecule has 1 aliphatic carbocycles. The highest BCUT2D eigenvalue weighted by Gasteiger charge is 2.18. The molecule has 6 nitrogen and oxygen atoms in total. The highest BCUT2D eigenvalue weighted by Crippen LogP contribution is 2.21. The molecule has 0 radical (unpaired) electrons. The fourth-order valence-corrected chi connectivity index (χ4v) is 2.94. The van der Waals surface area contributed by atoms with E-state index in [1.54, 1.807) is 14.2 Å². The van der Waals surface area contributed by atoms with Gasteiger partial charge in [-0.25, -0.2) is 0 Å². The third kappa shape index (κ3) is 7.80. The van der Waals surface area contributed by atoms with E-state index in [2.05, 4.69) is 15.6 Å². The van der Waals surface area contributed by atoms with E-state index in [1.807, 2.05) is 24.3 Å². The number of hydrogen-bond donors (Lipinski definition) is 2.